The molecule has 1 saturated heterocycles. The van der Waals surface area contributed by atoms with Gasteiger partial charge in [0.1, 0.15) is 5.56 Å². The highest BCUT2D eigenvalue weighted by Crippen LogP contribution is 2.34. The van der Waals surface area contributed by atoms with E-state index in [1.54, 1.807) is 22.4 Å². The van der Waals surface area contributed by atoms with E-state index in [1.807, 2.05) is 13.8 Å². The molecule has 0 unspecified atom stereocenters. The second kappa shape index (κ2) is 6.88. The number of halogens is 3. The van der Waals surface area contributed by atoms with E-state index in [-0.39, 0.29) is 34.9 Å². The molecular weight excluding hydrogens is 389 g/mol. The molecule has 9 heteroatoms. The molecule has 28 heavy (non-hydrogen) atoms. The van der Waals surface area contributed by atoms with Crippen molar-refractivity contribution in [3.63, 3.8) is 0 Å². The second-order valence-electron chi connectivity index (χ2n) is 7.14. The number of aromatic nitrogens is 3. The molecule has 4 rings (SSSR count). The van der Waals surface area contributed by atoms with Crippen molar-refractivity contribution in [3.05, 3.63) is 41.0 Å². The SMILES string of the molecule is C[C@@H]1CCC[C@@H](C)N1C(=O)c1cnn2c(C(F)(F)F)cc(-c3cccs3)nc12. The van der Waals surface area contributed by atoms with Gasteiger partial charge in [-0.05, 0) is 50.6 Å². The topological polar surface area (TPSA) is 50.5 Å². The van der Waals surface area contributed by atoms with Gasteiger partial charge in [0.05, 0.1) is 16.8 Å². The van der Waals surface area contributed by atoms with Gasteiger partial charge in [-0.15, -0.1) is 11.3 Å². The molecule has 5 nitrogen and oxygen atoms in total. The quantitative estimate of drug-likeness (QED) is 0.607. The van der Waals surface area contributed by atoms with Crippen LogP contribution in [-0.4, -0.2) is 37.5 Å². The van der Waals surface area contributed by atoms with Crippen molar-refractivity contribution in [1.29, 1.82) is 0 Å². The average molecular weight is 408 g/mol. The van der Waals surface area contributed by atoms with Crippen LogP contribution in [0.2, 0.25) is 0 Å². The van der Waals surface area contributed by atoms with Crippen LogP contribution in [0.3, 0.4) is 0 Å². The van der Waals surface area contributed by atoms with Crippen LogP contribution < -0.4 is 0 Å². The Bertz CT molecular complexity index is 1000. The van der Waals surface area contributed by atoms with Crippen LogP contribution in [0.15, 0.2) is 29.8 Å². The van der Waals surface area contributed by atoms with Crippen LogP contribution in [-0.2, 0) is 6.18 Å². The van der Waals surface area contributed by atoms with Crippen molar-refractivity contribution in [3.8, 4) is 10.6 Å². The molecule has 1 aliphatic rings. The molecule has 0 N–H and O–H groups in total. The minimum atomic E-state index is -4.62. The Morgan fingerprint density at radius 2 is 1.96 bits per heavy atom. The highest BCUT2D eigenvalue weighted by atomic mass is 32.1. The fourth-order valence-electron chi connectivity index (χ4n) is 3.83. The summed E-state index contributed by atoms with van der Waals surface area (Å²) in [6, 6.07) is 4.48. The molecule has 0 bridgehead atoms. The third-order valence-electron chi connectivity index (χ3n) is 5.19. The number of hydrogen-bond donors (Lipinski definition) is 0. The van der Waals surface area contributed by atoms with Crippen LogP contribution in [0.4, 0.5) is 13.2 Å². The predicted octanol–water partition coefficient (Wildman–Crippen LogP) is 4.88. The number of alkyl halides is 3. The Morgan fingerprint density at radius 3 is 2.57 bits per heavy atom. The number of nitrogens with zero attached hydrogens (tertiary/aromatic N) is 4. The Hall–Kier alpha value is -2.42. The third kappa shape index (κ3) is 3.17. The van der Waals surface area contributed by atoms with Gasteiger partial charge in [-0.25, -0.2) is 9.50 Å². The fraction of sp³-hybridized carbons (Fsp3) is 0.421. The van der Waals surface area contributed by atoms with Crippen LogP contribution in [0.25, 0.3) is 16.2 Å². The van der Waals surface area contributed by atoms with E-state index >= 15 is 0 Å². The van der Waals surface area contributed by atoms with E-state index in [0.29, 0.717) is 4.88 Å². The molecule has 0 spiro atoms. The Morgan fingerprint density at radius 1 is 1.25 bits per heavy atom. The normalized spacial score (nSPS) is 20.7. The Balaban J connectivity index is 1.88. The van der Waals surface area contributed by atoms with Crippen LogP contribution >= 0.6 is 11.3 Å². The van der Waals surface area contributed by atoms with Gasteiger partial charge in [-0.1, -0.05) is 6.07 Å². The fourth-order valence-corrected chi connectivity index (χ4v) is 4.51. The minimum Gasteiger partial charge on any atom is -0.333 e. The van der Waals surface area contributed by atoms with E-state index in [9.17, 15) is 18.0 Å². The van der Waals surface area contributed by atoms with Gasteiger partial charge < -0.3 is 4.90 Å². The van der Waals surface area contributed by atoms with Gasteiger partial charge in [0.25, 0.3) is 5.91 Å². The number of rotatable bonds is 2. The van der Waals surface area contributed by atoms with Gasteiger partial charge in [0, 0.05) is 12.1 Å². The lowest BCUT2D eigenvalue weighted by Crippen LogP contribution is -2.47. The number of amides is 1. The maximum Gasteiger partial charge on any atom is 0.433 e. The number of thiophene rings is 1. The molecule has 148 valence electrons. The van der Waals surface area contributed by atoms with Crippen molar-refractivity contribution < 1.29 is 18.0 Å². The molecule has 0 radical (unpaired) electrons. The van der Waals surface area contributed by atoms with E-state index in [4.69, 9.17) is 0 Å². The van der Waals surface area contributed by atoms with Gasteiger partial charge >= 0.3 is 6.18 Å². The molecule has 0 saturated carbocycles. The molecule has 0 aliphatic carbocycles. The first-order chi connectivity index (χ1) is 13.3. The predicted molar refractivity (Wildman–Crippen MR) is 100 cm³/mol. The van der Waals surface area contributed by atoms with E-state index < -0.39 is 11.9 Å². The largest absolute Gasteiger partial charge is 0.433 e. The van der Waals surface area contributed by atoms with E-state index in [1.165, 1.54) is 17.5 Å². The lowest BCUT2D eigenvalue weighted by atomic mass is 9.97. The van der Waals surface area contributed by atoms with Crippen LogP contribution in [0, 0.1) is 0 Å². The lowest BCUT2D eigenvalue weighted by Gasteiger charge is -2.38. The number of piperidine rings is 1. The van der Waals surface area contributed by atoms with Gasteiger partial charge in [-0.3, -0.25) is 4.79 Å². The maximum atomic E-state index is 13.6. The summed E-state index contributed by atoms with van der Waals surface area (Å²) in [5.74, 6) is -0.321. The first-order valence-corrected chi connectivity index (χ1v) is 9.98. The molecule has 3 aromatic rings. The van der Waals surface area contributed by atoms with Gasteiger partial charge in [0.15, 0.2) is 11.3 Å². The molecule has 1 aliphatic heterocycles. The molecule has 4 heterocycles. The number of fused-ring (bicyclic) bond motifs is 1. The Kier molecular flexibility index (Phi) is 4.65. The maximum absolute atomic E-state index is 13.6. The zero-order valence-electron chi connectivity index (χ0n) is 15.4. The van der Waals surface area contributed by atoms with E-state index in [0.717, 1.165) is 29.8 Å². The average Bonchev–Trinajstić information content (AvgIpc) is 3.29. The first kappa shape index (κ1) is 18.9. The zero-order chi connectivity index (χ0) is 20.1. The van der Waals surface area contributed by atoms with Crippen molar-refractivity contribution in [2.75, 3.05) is 0 Å². The summed E-state index contributed by atoms with van der Waals surface area (Å²) in [6.07, 6.45) is -0.648. The molecule has 0 aromatic carbocycles. The summed E-state index contributed by atoms with van der Waals surface area (Å²) in [7, 11) is 0. The summed E-state index contributed by atoms with van der Waals surface area (Å²) in [5.41, 5.74) is -0.721. The van der Waals surface area contributed by atoms with Crippen molar-refractivity contribution in [2.24, 2.45) is 0 Å². The highest BCUT2D eigenvalue weighted by Gasteiger charge is 2.37. The van der Waals surface area contributed by atoms with Gasteiger partial charge in [0.2, 0.25) is 0 Å². The number of carbonyl (C=O) groups excluding carboxylic acids is 1. The zero-order valence-corrected chi connectivity index (χ0v) is 16.2. The smallest absolute Gasteiger partial charge is 0.333 e. The molecule has 1 amide bonds. The molecule has 2 atom stereocenters. The van der Waals surface area contributed by atoms with E-state index in [2.05, 4.69) is 10.1 Å². The highest BCUT2D eigenvalue weighted by molar-refractivity contribution is 7.13. The minimum absolute atomic E-state index is 0.0220. The number of hydrogen-bond acceptors (Lipinski definition) is 4. The second-order valence-corrected chi connectivity index (χ2v) is 8.08. The number of carbonyl (C=O) groups is 1. The van der Waals surface area contributed by atoms with Crippen molar-refractivity contribution in [2.45, 2.75) is 51.4 Å². The summed E-state index contributed by atoms with van der Waals surface area (Å²) >= 11 is 1.29. The molecule has 1 fully saturated rings. The summed E-state index contributed by atoms with van der Waals surface area (Å²) in [6.45, 7) is 3.93. The lowest BCUT2D eigenvalue weighted by molar-refractivity contribution is -0.142. The third-order valence-corrected chi connectivity index (χ3v) is 6.09. The number of likely N-dealkylation sites (tertiary alicyclic amines) is 1. The summed E-state index contributed by atoms with van der Waals surface area (Å²) in [4.78, 5) is 19.9. The first-order valence-electron chi connectivity index (χ1n) is 9.10. The standard InChI is InChI=1S/C19H19F3N4OS/c1-11-5-3-6-12(2)25(11)18(27)13-10-23-26-16(19(20,21)22)9-14(24-17(13)26)15-7-4-8-28-15/h4,7-12H,3,5-6H2,1-2H3/t11-,12-/m1/s1. The monoisotopic (exact) mass is 408 g/mol. The van der Waals surface area contributed by atoms with Crippen LogP contribution in [0.5, 0.6) is 0 Å². The summed E-state index contributed by atoms with van der Waals surface area (Å²) in [5, 5.41) is 5.64. The van der Waals surface area contributed by atoms with Gasteiger partial charge in [-0.2, -0.15) is 18.3 Å². The molecule has 3 aromatic heterocycles. The van der Waals surface area contributed by atoms with Crippen molar-refractivity contribution >= 4 is 22.9 Å². The molecular formula is C19H19F3N4OS. The Labute approximate surface area is 163 Å². The summed E-state index contributed by atoms with van der Waals surface area (Å²) < 4.78 is 41.7. The van der Waals surface area contributed by atoms with Crippen LogP contribution in [0.1, 0.15) is 49.2 Å². The van der Waals surface area contributed by atoms with Crippen molar-refractivity contribution in [1.82, 2.24) is 19.5 Å².